The molecular weight excluding hydrogens is 345 g/mol. The van der Waals surface area contributed by atoms with Crippen molar-refractivity contribution < 1.29 is 19.0 Å². The highest BCUT2D eigenvalue weighted by molar-refractivity contribution is 5.34. The van der Waals surface area contributed by atoms with Crippen molar-refractivity contribution in [1.82, 2.24) is 4.90 Å². The minimum atomic E-state index is -0.185. The van der Waals surface area contributed by atoms with Gasteiger partial charge in [0.15, 0.2) is 5.76 Å². The van der Waals surface area contributed by atoms with Gasteiger partial charge in [-0.2, -0.15) is 0 Å². The largest absolute Gasteiger partial charge is 0.508 e. The van der Waals surface area contributed by atoms with E-state index in [1.54, 1.807) is 24.5 Å². The number of ether oxygens (including phenoxy) is 2. The molecule has 1 aliphatic carbocycles. The SMILES string of the molecule is Oc1cccc(C2CCCN(C(C3=CC(F)=CCC3)C3=COC=CO3)C2)c1. The number of benzene rings is 1. The van der Waals surface area contributed by atoms with Crippen molar-refractivity contribution >= 4 is 0 Å². The Hall–Kier alpha value is -2.53. The van der Waals surface area contributed by atoms with Gasteiger partial charge in [-0.25, -0.2) is 4.39 Å². The number of halogens is 1. The number of hydrogen-bond donors (Lipinski definition) is 1. The molecule has 2 heterocycles. The Kier molecular flexibility index (Phi) is 5.30. The second-order valence-corrected chi connectivity index (χ2v) is 7.22. The summed E-state index contributed by atoms with van der Waals surface area (Å²) in [4.78, 5) is 2.34. The third-order valence-electron chi connectivity index (χ3n) is 5.40. The van der Waals surface area contributed by atoms with Gasteiger partial charge in [0.1, 0.15) is 30.4 Å². The molecular formula is C22H24FNO3. The van der Waals surface area contributed by atoms with E-state index in [4.69, 9.17) is 9.47 Å². The fourth-order valence-corrected chi connectivity index (χ4v) is 4.19. The van der Waals surface area contributed by atoms with E-state index in [2.05, 4.69) is 11.0 Å². The average Bonchev–Trinajstić information content (AvgIpc) is 2.69. The summed E-state index contributed by atoms with van der Waals surface area (Å²) in [5.74, 6) is 1.12. The van der Waals surface area contributed by atoms with E-state index in [0.717, 1.165) is 43.5 Å². The van der Waals surface area contributed by atoms with E-state index in [1.165, 1.54) is 12.5 Å². The Morgan fingerprint density at radius 2 is 2.19 bits per heavy atom. The normalized spacial score (nSPS) is 24.2. The van der Waals surface area contributed by atoms with Crippen molar-refractivity contribution in [2.45, 2.75) is 37.6 Å². The molecule has 1 fully saturated rings. The molecule has 0 saturated carbocycles. The van der Waals surface area contributed by atoms with E-state index >= 15 is 0 Å². The van der Waals surface area contributed by atoms with Crippen molar-refractivity contribution in [2.24, 2.45) is 0 Å². The Labute approximate surface area is 158 Å². The van der Waals surface area contributed by atoms with Crippen LogP contribution in [0.1, 0.15) is 37.2 Å². The van der Waals surface area contributed by atoms with E-state index in [1.807, 2.05) is 12.1 Å². The van der Waals surface area contributed by atoms with Gasteiger partial charge in [0.25, 0.3) is 0 Å². The maximum absolute atomic E-state index is 13.9. The molecule has 0 aromatic heterocycles. The first-order valence-electron chi connectivity index (χ1n) is 9.47. The predicted molar refractivity (Wildman–Crippen MR) is 101 cm³/mol. The minimum Gasteiger partial charge on any atom is -0.508 e. The quantitative estimate of drug-likeness (QED) is 0.822. The predicted octanol–water partition coefficient (Wildman–Crippen LogP) is 4.87. The van der Waals surface area contributed by atoms with Crippen LogP contribution in [-0.2, 0) is 9.47 Å². The van der Waals surface area contributed by atoms with Crippen LogP contribution in [0.15, 0.2) is 72.4 Å². The molecule has 0 bridgehead atoms. The first-order valence-corrected chi connectivity index (χ1v) is 9.47. The zero-order valence-electron chi connectivity index (χ0n) is 15.2. The summed E-state index contributed by atoms with van der Waals surface area (Å²) in [5.41, 5.74) is 2.15. The molecule has 1 aromatic rings. The van der Waals surface area contributed by atoms with E-state index in [0.29, 0.717) is 23.8 Å². The van der Waals surface area contributed by atoms with Gasteiger partial charge in [-0.15, -0.1) is 0 Å². The molecule has 142 valence electrons. The number of hydrogen-bond acceptors (Lipinski definition) is 4. The van der Waals surface area contributed by atoms with E-state index < -0.39 is 0 Å². The molecule has 2 atom stereocenters. The van der Waals surface area contributed by atoms with Gasteiger partial charge in [-0.05, 0) is 73.6 Å². The van der Waals surface area contributed by atoms with Crippen LogP contribution in [0.2, 0.25) is 0 Å². The molecule has 1 N–H and O–H groups in total. The molecule has 1 aromatic carbocycles. The monoisotopic (exact) mass is 369 g/mol. The number of aromatic hydroxyl groups is 1. The second-order valence-electron chi connectivity index (χ2n) is 7.22. The lowest BCUT2D eigenvalue weighted by molar-refractivity contribution is 0.131. The zero-order valence-corrected chi connectivity index (χ0v) is 15.2. The Morgan fingerprint density at radius 1 is 1.26 bits per heavy atom. The maximum Gasteiger partial charge on any atom is 0.160 e. The summed E-state index contributed by atoms with van der Waals surface area (Å²) in [6.07, 6.45) is 11.5. The summed E-state index contributed by atoms with van der Waals surface area (Å²) in [6, 6.07) is 7.34. The molecule has 4 rings (SSSR count). The first kappa shape index (κ1) is 17.9. The van der Waals surface area contributed by atoms with Crippen molar-refractivity contribution in [1.29, 1.82) is 0 Å². The van der Waals surface area contributed by atoms with Gasteiger partial charge in [-0.1, -0.05) is 12.1 Å². The van der Waals surface area contributed by atoms with Crippen LogP contribution in [-0.4, -0.2) is 29.1 Å². The molecule has 3 aliphatic rings. The van der Waals surface area contributed by atoms with Crippen LogP contribution in [0.25, 0.3) is 0 Å². The van der Waals surface area contributed by atoms with Gasteiger partial charge in [-0.3, -0.25) is 4.90 Å². The van der Waals surface area contributed by atoms with Crippen molar-refractivity contribution in [3.8, 4) is 5.75 Å². The number of piperidine rings is 1. The van der Waals surface area contributed by atoms with Crippen molar-refractivity contribution in [3.63, 3.8) is 0 Å². The Morgan fingerprint density at radius 3 is 2.96 bits per heavy atom. The molecule has 2 unspecified atom stereocenters. The van der Waals surface area contributed by atoms with Crippen LogP contribution in [0.3, 0.4) is 0 Å². The number of allylic oxidation sites excluding steroid dienone is 3. The highest BCUT2D eigenvalue weighted by Gasteiger charge is 2.33. The number of nitrogens with zero attached hydrogens (tertiary/aromatic N) is 1. The summed E-state index contributed by atoms with van der Waals surface area (Å²) in [6.45, 7) is 1.73. The maximum atomic E-state index is 13.9. The summed E-state index contributed by atoms with van der Waals surface area (Å²) >= 11 is 0. The molecule has 1 saturated heterocycles. The van der Waals surface area contributed by atoms with Crippen LogP contribution in [0, 0.1) is 0 Å². The van der Waals surface area contributed by atoms with Crippen molar-refractivity contribution in [3.05, 3.63) is 77.9 Å². The molecule has 0 amide bonds. The van der Waals surface area contributed by atoms with Gasteiger partial charge in [0.05, 0.1) is 6.04 Å². The lowest BCUT2D eigenvalue weighted by Gasteiger charge is -2.40. The van der Waals surface area contributed by atoms with Gasteiger partial charge >= 0.3 is 0 Å². The molecule has 2 aliphatic heterocycles. The van der Waals surface area contributed by atoms with Gasteiger partial charge in [0, 0.05) is 6.54 Å². The van der Waals surface area contributed by atoms with Gasteiger partial charge < -0.3 is 14.6 Å². The highest BCUT2D eigenvalue weighted by Crippen LogP contribution is 2.35. The lowest BCUT2D eigenvalue weighted by Crippen LogP contribution is -2.44. The minimum absolute atomic E-state index is 0.144. The second kappa shape index (κ2) is 8.01. The van der Waals surface area contributed by atoms with Crippen LogP contribution < -0.4 is 0 Å². The number of phenols is 1. The number of rotatable bonds is 4. The molecule has 27 heavy (non-hydrogen) atoms. The Bertz CT molecular complexity index is 812. The summed E-state index contributed by atoms with van der Waals surface area (Å²) in [5, 5.41) is 9.83. The lowest BCUT2D eigenvalue weighted by atomic mass is 9.87. The topological polar surface area (TPSA) is 41.9 Å². The van der Waals surface area contributed by atoms with Crippen LogP contribution in [0.4, 0.5) is 4.39 Å². The average molecular weight is 369 g/mol. The summed E-state index contributed by atoms with van der Waals surface area (Å²) < 4.78 is 25.0. The van der Waals surface area contributed by atoms with E-state index in [9.17, 15) is 9.50 Å². The number of likely N-dealkylation sites (tertiary alicyclic amines) is 1. The smallest absolute Gasteiger partial charge is 0.160 e. The Balaban J connectivity index is 1.61. The molecule has 0 spiro atoms. The standard InChI is InChI=1S/C22H24FNO3/c23-19-7-1-5-17(12-19)22(21-15-26-10-11-27-21)24-9-3-6-18(14-24)16-4-2-8-20(25)13-16/h2,4,7-8,10-13,15,18,22,25H,1,3,5-6,9,14H2. The third-order valence-corrected chi connectivity index (χ3v) is 5.40. The first-order chi connectivity index (χ1) is 13.2. The van der Waals surface area contributed by atoms with Crippen molar-refractivity contribution in [2.75, 3.05) is 13.1 Å². The van der Waals surface area contributed by atoms with Crippen LogP contribution >= 0.6 is 0 Å². The van der Waals surface area contributed by atoms with E-state index in [-0.39, 0.29) is 11.9 Å². The fraction of sp³-hybridized carbons (Fsp3) is 0.364. The summed E-state index contributed by atoms with van der Waals surface area (Å²) in [7, 11) is 0. The van der Waals surface area contributed by atoms with Crippen LogP contribution in [0.5, 0.6) is 5.75 Å². The third kappa shape index (κ3) is 4.08. The van der Waals surface area contributed by atoms with Gasteiger partial charge in [0.2, 0.25) is 0 Å². The fourth-order valence-electron chi connectivity index (χ4n) is 4.19. The molecule has 5 heteroatoms. The zero-order chi connectivity index (χ0) is 18.6. The highest BCUT2D eigenvalue weighted by atomic mass is 19.1. The molecule has 0 radical (unpaired) electrons. The number of phenolic OH excluding ortho intramolecular Hbond substituents is 1. The molecule has 4 nitrogen and oxygen atoms in total.